The number of likely N-dealkylation sites (N-methyl/N-ethyl adjacent to an activating group) is 1. The first-order chi connectivity index (χ1) is 20.7. The van der Waals surface area contributed by atoms with Crippen LogP contribution in [0.2, 0.25) is 0 Å². The van der Waals surface area contributed by atoms with Gasteiger partial charge in [0.25, 0.3) is 0 Å². The summed E-state index contributed by atoms with van der Waals surface area (Å²) in [5.74, 6) is 2.57. The molecule has 0 atom stereocenters. The first kappa shape index (κ1) is 27.2. The van der Waals surface area contributed by atoms with Gasteiger partial charge < -0.3 is 9.64 Å². The summed E-state index contributed by atoms with van der Waals surface area (Å²) >= 11 is 0. The van der Waals surface area contributed by atoms with E-state index in [1.165, 1.54) is 0 Å². The number of rotatable bonds is 12. The highest BCUT2D eigenvalue weighted by Gasteiger charge is 2.12. The maximum Gasteiger partial charge on any atom is 0.237 e. The molecule has 0 amide bonds. The molecular weight excluding hydrogens is 526 g/mol. The van der Waals surface area contributed by atoms with E-state index in [2.05, 4.69) is 67.4 Å². The van der Waals surface area contributed by atoms with Crippen molar-refractivity contribution in [3.8, 4) is 34.1 Å². The predicted molar refractivity (Wildman–Crippen MR) is 161 cm³/mol. The van der Waals surface area contributed by atoms with Crippen LogP contribution in [0.1, 0.15) is 31.7 Å². The highest BCUT2D eigenvalue weighted by Crippen LogP contribution is 2.23. The van der Waals surface area contributed by atoms with Crippen molar-refractivity contribution < 1.29 is 4.74 Å². The van der Waals surface area contributed by atoms with E-state index in [1.54, 1.807) is 10.6 Å². The van der Waals surface area contributed by atoms with E-state index < -0.39 is 0 Å². The van der Waals surface area contributed by atoms with E-state index >= 15 is 0 Å². The Bertz CT molecular complexity index is 1750. The summed E-state index contributed by atoms with van der Waals surface area (Å²) in [6, 6.07) is 21.4. The molecule has 10 nitrogen and oxygen atoms in total. The second-order valence-corrected chi connectivity index (χ2v) is 10.1. The second kappa shape index (κ2) is 12.7. The Balaban J connectivity index is 1.14. The van der Waals surface area contributed by atoms with Gasteiger partial charge in [0.1, 0.15) is 5.75 Å². The summed E-state index contributed by atoms with van der Waals surface area (Å²) in [5, 5.41) is 17.8. The second-order valence-electron chi connectivity index (χ2n) is 10.1. The zero-order valence-corrected chi connectivity index (χ0v) is 23.8. The van der Waals surface area contributed by atoms with E-state index in [0.717, 1.165) is 60.6 Å². The Morgan fingerprint density at radius 2 is 1.67 bits per heavy atom. The molecule has 0 unspecified atom stereocenters. The topological polar surface area (TPSA) is 99.2 Å². The number of benzene rings is 2. The number of ether oxygens (including phenoxy) is 1. The number of nitrogens with zero attached hydrogens (tertiary/aromatic N) is 9. The van der Waals surface area contributed by atoms with E-state index in [9.17, 15) is 0 Å². The van der Waals surface area contributed by atoms with Crippen LogP contribution in [0.4, 0.5) is 0 Å². The van der Waals surface area contributed by atoms with Gasteiger partial charge in [-0.3, -0.25) is 4.68 Å². The van der Waals surface area contributed by atoms with E-state index in [0.29, 0.717) is 29.6 Å². The average Bonchev–Trinajstić information content (AvgIpc) is 3.67. The summed E-state index contributed by atoms with van der Waals surface area (Å²) in [5.41, 5.74) is 4.59. The van der Waals surface area contributed by atoms with Crippen molar-refractivity contribution >= 4 is 5.65 Å². The first-order valence-electron chi connectivity index (χ1n) is 14.3. The fourth-order valence-electron chi connectivity index (χ4n) is 4.84. The molecule has 2 aromatic carbocycles. The molecule has 0 aliphatic carbocycles. The molecule has 0 N–H and O–H groups in total. The number of fused-ring (bicyclic) bond motifs is 1. The van der Waals surface area contributed by atoms with Gasteiger partial charge in [-0.05, 0) is 49.3 Å². The lowest BCUT2D eigenvalue weighted by atomic mass is 10.1. The summed E-state index contributed by atoms with van der Waals surface area (Å²) in [6.07, 6.45) is 9.35. The largest absolute Gasteiger partial charge is 0.438 e. The van der Waals surface area contributed by atoms with Gasteiger partial charge in [-0.2, -0.15) is 9.61 Å². The average molecular weight is 560 g/mol. The minimum Gasteiger partial charge on any atom is -0.438 e. The van der Waals surface area contributed by atoms with Crippen molar-refractivity contribution in [1.82, 2.24) is 44.5 Å². The minimum absolute atomic E-state index is 0.474. The van der Waals surface area contributed by atoms with Gasteiger partial charge in [0.15, 0.2) is 17.3 Å². The molecule has 42 heavy (non-hydrogen) atoms. The number of hydrogen-bond acceptors (Lipinski definition) is 8. The highest BCUT2D eigenvalue weighted by molar-refractivity contribution is 5.62. The molecule has 4 aromatic heterocycles. The molecule has 0 aliphatic rings. The molecule has 0 aliphatic heterocycles. The molecule has 0 saturated carbocycles. The van der Waals surface area contributed by atoms with Crippen LogP contribution in [0.15, 0.2) is 91.5 Å². The zero-order valence-electron chi connectivity index (χ0n) is 23.8. The first-order valence-corrected chi connectivity index (χ1v) is 14.3. The third-order valence-electron chi connectivity index (χ3n) is 7.07. The van der Waals surface area contributed by atoms with Crippen LogP contribution in [-0.2, 0) is 13.0 Å². The smallest absolute Gasteiger partial charge is 0.237 e. The Kier molecular flexibility index (Phi) is 8.23. The molecule has 10 heteroatoms. The maximum absolute atomic E-state index is 5.90. The molecule has 0 spiro atoms. The maximum atomic E-state index is 5.90. The quantitative estimate of drug-likeness (QED) is 0.192. The normalized spacial score (nSPS) is 11.4. The van der Waals surface area contributed by atoms with Crippen molar-refractivity contribution in [3.05, 3.63) is 103 Å². The molecule has 0 radical (unpaired) electrons. The van der Waals surface area contributed by atoms with Crippen molar-refractivity contribution in [2.24, 2.45) is 0 Å². The van der Waals surface area contributed by atoms with Gasteiger partial charge in [0.2, 0.25) is 5.88 Å². The molecule has 4 heterocycles. The monoisotopic (exact) mass is 559 g/mol. The van der Waals surface area contributed by atoms with Gasteiger partial charge in [-0.15, -0.1) is 15.3 Å². The van der Waals surface area contributed by atoms with Gasteiger partial charge in [0, 0.05) is 54.3 Å². The lowest BCUT2D eigenvalue weighted by molar-refractivity contribution is 0.272. The van der Waals surface area contributed by atoms with Crippen LogP contribution in [0.3, 0.4) is 0 Å². The molecular formula is C32H33N9O. The number of para-hydroxylation sites is 1. The van der Waals surface area contributed by atoms with Crippen molar-refractivity contribution in [2.45, 2.75) is 33.2 Å². The zero-order chi connectivity index (χ0) is 28.7. The van der Waals surface area contributed by atoms with E-state index in [4.69, 9.17) is 4.74 Å². The molecule has 0 saturated heterocycles. The third kappa shape index (κ3) is 6.34. The Labute approximate surface area is 244 Å². The van der Waals surface area contributed by atoms with Crippen molar-refractivity contribution in [1.29, 1.82) is 0 Å². The van der Waals surface area contributed by atoms with Crippen LogP contribution in [-0.4, -0.2) is 64.1 Å². The predicted octanol–water partition coefficient (Wildman–Crippen LogP) is 5.56. The molecule has 6 aromatic rings. The Morgan fingerprint density at radius 1 is 0.810 bits per heavy atom. The SMILES string of the molecule is CCCN(CC)CCn1cc(-c2cnc(-c3cccc(Cc4nnc5ccc(Oc6ccccc6)nn45)c3)nc2)cn1. The van der Waals surface area contributed by atoms with Crippen LogP contribution in [0.25, 0.3) is 28.2 Å². The summed E-state index contributed by atoms with van der Waals surface area (Å²) in [6.45, 7) is 8.42. The summed E-state index contributed by atoms with van der Waals surface area (Å²) < 4.78 is 9.62. The van der Waals surface area contributed by atoms with E-state index in [1.807, 2.05) is 71.8 Å². The van der Waals surface area contributed by atoms with Crippen LogP contribution in [0.5, 0.6) is 11.6 Å². The van der Waals surface area contributed by atoms with Gasteiger partial charge in [-0.25, -0.2) is 9.97 Å². The molecule has 0 fully saturated rings. The lowest BCUT2D eigenvalue weighted by Gasteiger charge is -2.19. The summed E-state index contributed by atoms with van der Waals surface area (Å²) in [4.78, 5) is 11.8. The third-order valence-corrected chi connectivity index (χ3v) is 7.07. The van der Waals surface area contributed by atoms with Crippen LogP contribution in [0, 0.1) is 0 Å². The fourth-order valence-corrected chi connectivity index (χ4v) is 4.84. The van der Waals surface area contributed by atoms with Gasteiger partial charge >= 0.3 is 0 Å². The highest BCUT2D eigenvalue weighted by atomic mass is 16.5. The van der Waals surface area contributed by atoms with Crippen LogP contribution >= 0.6 is 0 Å². The van der Waals surface area contributed by atoms with Gasteiger partial charge in [0.05, 0.1) is 12.7 Å². The Hall–Kier alpha value is -4.96. The van der Waals surface area contributed by atoms with Crippen molar-refractivity contribution in [3.63, 3.8) is 0 Å². The standard InChI is InChI=1S/C32H33N9O/c1-3-15-39(4-2)16-17-40-23-27(22-35-40)26-20-33-32(34-21-26)25-10-8-9-24(18-25)19-30-37-36-29-13-14-31(38-41(29)30)42-28-11-6-5-7-12-28/h5-14,18,20-23H,3-4,15-17,19H2,1-2H3. The number of hydrogen-bond donors (Lipinski definition) is 0. The van der Waals surface area contributed by atoms with Crippen molar-refractivity contribution in [2.75, 3.05) is 19.6 Å². The van der Waals surface area contributed by atoms with Gasteiger partial charge in [-0.1, -0.05) is 50.2 Å². The Morgan fingerprint density at radius 3 is 2.48 bits per heavy atom. The minimum atomic E-state index is 0.474. The number of aromatic nitrogens is 8. The lowest BCUT2D eigenvalue weighted by Crippen LogP contribution is -2.28. The molecule has 0 bridgehead atoms. The van der Waals surface area contributed by atoms with Crippen LogP contribution < -0.4 is 4.74 Å². The molecule has 6 rings (SSSR count). The fraction of sp³-hybridized carbons (Fsp3) is 0.250. The summed E-state index contributed by atoms with van der Waals surface area (Å²) in [7, 11) is 0. The van der Waals surface area contributed by atoms with E-state index in [-0.39, 0.29) is 0 Å². The molecule has 212 valence electrons.